The van der Waals surface area contributed by atoms with Gasteiger partial charge in [0.15, 0.2) is 0 Å². The van der Waals surface area contributed by atoms with Gasteiger partial charge in [-0.15, -0.1) is 11.3 Å². The Hall–Kier alpha value is -1.17. The molecule has 3 rings (SSSR count). The fourth-order valence-corrected chi connectivity index (χ4v) is 3.81. The highest BCUT2D eigenvalue weighted by molar-refractivity contribution is 9.10. The molecule has 2 aromatic rings. The van der Waals surface area contributed by atoms with Crippen LogP contribution in [0.4, 0.5) is 0 Å². The molecule has 2 heterocycles. The van der Waals surface area contributed by atoms with E-state index in [1.807, 2.05) is 23.6 Å². The van der Waals surface area contributed by atoms with Crippen molar-refractivity contribution in [3.63, 3.8) is 0 Å². The van der Waals surface area contributed by atoms with Gasteiger partial charge in [0, 0.05) is 15.9 Å². The maximum absolute atomic E-state index is 12.2. The molecule has 20 heavy (non-hydrogen) atoms. The molecular weight excluding hydrogens is 336 g/mol. The average molecular weight is 351 g/mol. The lowest BCUT2D eigenvalue weighted by atomic mass is 9.95. The minimum Gasteiger partial charge on any atom is -0.350 e. The van der Waals surface area contributed by atoms with Gasteiger partial charge in [0.2, 0.25) is 5.91 Å². The number of rotatable bonds is 3. The largest absolute Gasteiger partial charge is 0.350 e. The van der Waals surface area contributed by atoms with E-state index in [1.54, 1.807) is 11.3 Å². The second-order valence-electron chi connectivity index (χ2n) is 4.82. The summed E-state index contributed by atoms with van der Waals surface area (Å²) in [6.07, 6.45) is 0.758. The van der Waals surface area contributed by atoms with Gasteiger partial charge in [0.05, 0.1) is 12.6 Å². The zero-order valence-electron chi connectivity index (χ0n) is 10.9. The standard InChI is InChI=1S/C15H15BrN2OS/c16-12-5-6-20-14(12)9-18-15(19)13-7-10-3-1-2-4-11(10)8-17-13/h1-6,13,17H,7-9H2,(H,18,19). The second kappa shape index (κ2) is 6.08. The van der Waals surface area contributed by atoms with Gasteiger partial charge in [-0.2, -0.15) is 0 Å². The summed E-state index contributed by atoms with van der Waals surface area (Å²) in [6, 6.07) is 10.1. The van der Waals surface area contributed by atoms with Crippen molar-refractivity contribution in [3.8, 4) is 0 Å². The summed E-state index contributed by atoms with van der Waals surface area (Å²) in [5.41, 5.74) is 2.56. The van der Waals surface area contributed by atoms with E-state index in [0.29, 0.717) is 6.54 Å². The molecule has 1 aliphatic heterocycles. The lowest BCUT2D eigenvalue weighted by Gasteiger charge is -2.25. The molecule has 0 fully saturated rings. The molecule has 5 heteroatoms. The second-order valence-corrected chi connectivity index (χ2v) is 6.67. The van der Waals surface area contributed by atoms with Crippen LogP contribution in [0.1, 0.15) is 16.0 Å². The number of carbonyl (C=O) groups is 1. The Morgan fingerprint density at radius 3 is 2.90 bits per heavy atom. The Morgan fingerprint density at radius 2 is 2.15 bits per heavy atom. The van der Waals surface area contributed by atoms with E-state index < -0.39 is 0 Å². The van der Waals surface area contributed by atoms with E-state index in [2.05, 4.69) is 38.7 Å². The monoisotopic (exact) mass is 350 g/mol. The number of fused-ring (bicyclic) bond motifs is 1. The van der Waals surface area contributed by atoms with Crippen LogP contribution in [0.5, 0.6) is 0 Å². The molecule has 0 aliphatic carbocycles. The van der Waals surface area contributed by atoms with Crippen LogP contribution in [0, 0.1) is 0 Å². The molecule has 1 aliphatic rings. The number of halogens is 1. The van der Waals surface area contributed by atoms with E-state index in [4.69, 9.17) is 0 Å². The summed E-state index contributed by atoms with van der Waals surface area (Å²) in [5, 5.41) is 8.32. The number of thiophene rings is 1. The molecule has 104 valence electrons. The van der Waals surface area contributed by atoms with Crippen molar-refractivity contribution in [3.05, 3.63) is 56.2 Å². The molecule has 1 amide bonds. The van der Waals surface area contributed by atoms with Crippen molar-refractivity contribution in [2.24, 2.45) is 0 Å². The number of benzene rings is 1. The molecule has 1 unspecified atom stereocenters. The Balaban J connectivity index is 1.60. The van der Waals surface area contributed by atoms with Crippen LogP contribution in [-0.2, 0) is 24.3 Å². The number of hydrogen-bond donors (Lipinski definition) is 2. The third-order valence-electron chi connectivity index (χ3n) is 3.51. The lowest BCUT2D eigenvalue weighted by molar-refractivity contribution is -0.123. The summed E-state index contributed by atoms with van der Waals surface area (Å²) >= 11 is 5.12. The van der Waals surface area contributed by atoms with Crippen molar-refractivity contribution in [1.29, 1.82) is 0 Å². The Morgan fingerprint density at radius 1 is 1.35 bits per heavy atom. The summed E-state index contributed by atoms with van der Waals surface area (Å²) in [7, 11) is 0. The van der Waals surface area contributed by atoms with Crippen LogP contribution in [0.3, 0.4) is 0 Å². The quantitative estimate of drug-likeness (QED) is 0.893. The molecule has 3 nitrogen and oxygen atoms in total. The highest BCUT2D eigenvalue weighted by Gasteiger charge is 2.23. The highest BCUT2D eigenvalue weighted by Crippen LogP contribution is 2.22. The van der Waals surface area contributed by atoms with Gasteiger partial charge in [0.1, 0.15) is 0 Å². The molecule has 2 N–H and O–H groups in total. The van der Waals surface area contributed by atoms with E-state index in [0.717, 1.165) is 22.3 Å². The van der Waals surface area contributed by atoms with Crippen LogP contribution >= 0.6 is 27.3 Å². The fraction of sp³-hybridized carbons (Fsp3) is 0.267. The maximum atomic E-state index is 12.2. The van der Waals surface area contributed by atoms with Crippen molar-refractivity contribution in [1.82, 2.24) is 10.6 Å². The zero-order chi connectivity index (χ0) is 13.9. The number of carbonyl (C=O) groups excluding carboxylic acids is 1. The van der Waals surface area contributed by atoms with Crippen LogP contribution in [0.15, 0.2) is 40.2 Å². The van der Waals surface area contributed by atoms with Gasteiger partial charge in [0.25, 0.3) is 0 Å². The van der Waals surface area contributed by atoms with Crippen LogP contribution in [0.25, 0.3) is 0 Å². The van der Waals surface area contributed by atoms with Crippen molar-refractivity contribution in [2.45, 2.75) is 25.6 Å². The fourth-order valence-electron chi connectivity index (χ4n) is 2.38. The van der Waals surface area contributed by atoms with Crippen molar-refractivity contribution >= 4 is 33.2 Å². The van der Waals surface area contributed by atoms with Gasteiger partial charge >= 0.3 is 0 Å². The average Bonchev–Trinajstić information content (AvgIpc) is 2.89. The van der Waals surface area contributed by atoms with Crippen LogP contribution in [0.2, 0.25) is 0 Å². The van der Waals surface area contributed by atoms with E-state index >= 15 is 0 Å². The Labute approximate surface area is 130 Å². The lowest BCUT2D eigenvalue weighted by Crippen LogP contribution is -2.47. The molecule has 0 bridgehead atoms. The van der Waals surface area contributed by atoms with E-state index in [-0.39, 0.29) is 11.9 Å². The Bertz CT molecular complexity index is 626. The summed E-state index contributed by atoms with van der Waals surface area (Å²) in [4.78, 5) is 13.4. The molecule has 0 radical (unpaired) electrons. The first-order valence-corrected chi connectivity index (χ1v) is 8.21. The smallest absolute Gasteiger partial charge is 0.237 e. The van der Waals surface area contributed by atoms with Gasteiger partial charge in [-0.05, 0) is 44.9 Å². The van der Waals surface area contributed by atoms with E-state index in [9.17, 15) is 4.79 Å². The number of nitrogens with one attached hydrogen (secondary N) is 2. The van der Waals surface area contributed by atoms with Crippen LogP contribution in [-0.4, -0.2) is 11.9 Å². The molecular formula is C15H15BrN2OS. The minimum absolute atomic E-state index is 0.0693. The van der Waals surface area contributed by atoms with Gasteiger partial charge < -0.3 is 10.6 Å². The molecule has 1 aromatic carbocycles. The maximum Gasteiger partial charge on any atom is 0.237 e. The topological polar surface area (TPSA) is 41.1 Å². The summed E-state index contributed by atoms with van der Waals surface area (Å²) in [5.74, 6) is 0.0693. The highest BCUT2D eigenvalue weighted by atomic mass is 79.9. The van der Waals surface area contributed by atoms with Crippen LogP contribution < -0.4 is 10.6 Å². The summed E-state index contributed by atoms with van der Waals surface area (Å²) in [6.45, 7) is 1.34. The first-order valence-electron chi connectivity index (χ1n) is 6.54. The normalized spacial score (nSPS) is 17.6. The van der Waals surface area contributed by atoms with Crippen molar-refractivity contribution < 1.29 is 4.79 Å². The molecule has 1 atom stereocenters. The number of hydrogen-bond acceptors (Lipinski definition) is 3. The third kappa shape index (κ3) is 2.95. The molecule has 0 spiro atoms. The number of amides is 1. The minimum atomic E-state index is -0.136. The first kappa shape index (κ1) is 13.8. The predicted molar refractivity (Wildman–Crippen MR) is 84.6 cm³/mol. The zero-order valence-corrected chi connectivity index (χ0v) is 13.3. The predicted octanol–water partition coefficient (Wildman–Crippen LogP) is 2.84. The van der Waals surface area contributed by atoms with Gasteiger partial charge in [-0.1, -0.05) is 24.3 Å². The van der Waals surface area contributed by atoms with E-state index in [1.165, 1.54) is 11.1 Å². The SMILES string of the molecule is O=C(NCc1sccc1Br)C1Cc2ccccc2CN1. The van der Waals surface area contributed by atoms with Gasteiger partial charge in [-0.25, -0.2) is 0 Å². The summed E-state index contributed by atoms with van der Waals surface area (Å²) < 4.78 is 1.06. The molecule has 0 saturated heterocycles. The molecule has 1 aromatic heterocycles. The Kier molecular flexibility index (Phi) is 4.19. The third-order valence-corrected chi connectivity index (χ3v) is 5.44. The molecule has 0 saturated carbocycles. The van der Waals surface area contributed by atoms with Gasteiger partial charge in [-0.3, -0.25) is 4.79 Å². The first-order chi connectivity index (χ1) is 9.74. The van der Waals surface area contributed by atoms with Crippen molar-refractivity contribution in [2.75, 3.05) is 0 Å².